The zero-order valence-electron chi connectivity index (χ0n) is 17.1. The quantitative estimate of drug-likeness (QED) is 0.494. The van der Waals surface area contributed by atoms with Crippen molar-refractivity contribution < 1.29 is 24.2 Å². The molecule has 11 heteroatoms. The zero-order valence-corrected chi connectivity index (χ0v) is 17.1. The van der Waals surface area contributed by atoms with Crippen LogP contribution in [0.5, 0.6) is 0 Å². The molecule has 0 saturated heterocycles. The summed E-state index contributed by atoms with van der Waals surface area (Å²) in [5, 5.41) is 22.4. The third kappa shape index (κ3) is 8.42. The first-order chi connectivity index (χ1) is 13.0. The molecular formula is C17H30N6O5. The number of aliphatic carboxylic acids is 1. The largest absolute Gasteiger partial charge is 0.480 e. The van der Waals surface area contributed by atoms with Gasteiger partial charge in [-0.25, -0.2) is 4.79 Å². The van der Waals surface area contributed by atoms with E-state index in [-0.39, 0.29) is 36.4 Å². The highest BCUT2D eigenvalue weighted by Crippen LogP contribution is 2.13. The van der Waals surface area contributed by atoms with E-state index in [1.807, 2.05) is 0 Å². The maximum Gasteiger partial charge on any atom is 0.326 e. The first-order valence-electron chi connectivity index (χ1n) is 9.03. The van der Waals surface area contributed by atoms with E-state index >= 15 is 0 Å². The Morgan fingerprint density at radius 2 is 1.89 bits per heavy atom. The van der Waals surface area contributed by atoms with Crippen LogP contribution < -0.4 is 0 Å². The van der Waals surface area contributed by atoms with Crippen LogP contribution in [-0.2, 0) is 25.5 Å². The number of carbonyl (C=O) groups excluding carboxylic acids is 2. The number of nitrogens with zero attached hydrogens (tertiary/aromatic N) is 5. The van der Waals surface area contributed by atoms with Crippen molar-refractivity contribution in [2.24, 2.45) is 5.41 Å². The molecule has 0 aromatic carbocycles. The number of carbonyl (C=O) groups is 3. The molecule has 1 aromatic heterocycles. The van der Waals surface area contributed by atoms with Crippen molar-refractivity contribution in [2.45, 2.75) is 46.1 Å². The van der Waals surface area contributed by atoms with E-state index in [4.69, 9.17) is 4.74 Å². The number of tetrazole rings is 1. The number of ether oxygens (including phenoxy) is 1. The minimum Gasteiger partial charge on any atom is -0.480 e. The Balaban J connectivity index is 2.47. The highest BCUT2D eigenvalue weighted by molar-refractivity contribution is 5.85. The summed E-state index contributed by atoms with van der Waals surface area (Å²) in [7, 11) is 3.03. The van der Waals surface area contributed by atoms with Crippen LogP contribution in [0.3, 0.4) is 0 Å². The Hall–Kier alpha value is -2.56. The first kappa shape index (κ1) is 23.5. The summed E-state index contributed by atoms with van der Waals surface area (Å²) >= 11 is 0. The monoisotopic (exact) mass is 398 g/mol. The maximum absolute atomic E-state index is 12.3. The van der Waals surface area contributed by atoms with Gasteiger partial charge in [0.25, 0.3) is 0 Å². The number of carboxylic acids is 1. The van der Waals surface area contributed by atoms with Crippen LogP contribution in [0.25, 0.3) is 0 Å². The summed E-state index contributed by atoms with van der Waals surface area (Å²) in [6, 6.07) is -1.12. The predicted molar refractivity (Wildman–Crippen MR) is 99.2 cm³/mol. The summed E-state index contributed by atoms with van der Waals surface area (Å²) in [5.74, 6) is -1.67. The molecule has 2 amide bonds. The molecule has 0 aliphatic heterocycles. The van der Waals surface area contributed by atoms with Crippen molar-refractivity contribution in [1.82, 2.24) is 30.4 Å². The highest BCUT2D eigenvalue weighted by atomic mass is 16.5. The zero-order chi connectivity index (χ0) is 21.3. The topological polar surface area (TPSA) is 142 Å². The Labute approximate surface area is 164 Å². The summed E-state index contributed by atoms with van der Waals surface area (Å²) in [6.07, 6.45) is -0.155. The molecule has 0 unspecified atom stereocenters. The molecule has 2 N–H and O–H groups in total. The van der Waals surface area contributed by atoms with Crippen LogP contribution >= 0.6 is 0 Å². The number of hydrogen-bond acceptors (Lipinski definition) is 7. The van der Waals surface area contributed by atoms with Crippen LogP contribution in [0, 0.1) is 5.41 Å². The number of aromatic nitrogens is 4. The van der Waals surface area contributed by atoms with Crippen LogP contribution in [0.15, 0.2) is 0 Å². The molecule has 28 heavy (non-hydrogen) atoms. The number of aromatic amines is 1. The number of hydrogen-bond donors (Lipinski definition) is 2. The normalized spacial score (nSPS) is 12.5. The Bertz CT molecular complexity index is 643. The molecule has 0 spiro atoms. The fourth-order valence-electron chi connectivity index (χ4n) is 2.33. The number of amides is 2. The van der Waals surface area contributed by atoms with E-state index in [0.717, 1.165) is 4.90 Å². The molecule has 0 aliphatic carbocycles. The average molecular weight is 398 g/mol. The molecule has 0 aliphatic rings. The lowest BCUT2D eigenvalue weighted by atomic mass is 9.99. The van der Waals surface area contributed by atoms with Crippen molar-refractivity contribution in [3.63, 3.8) is 0 Å². The fourth-order valence-corrected chi connectivity index (χ4v) is 2.33. The van der Waals surface area contributed by atoms with Gasteiger partial charge in [-0.15, -0.1) is 10.2 Å². The molecule has 1 atom stereocenters. The average Bonchev–Trinajstić information content (AvgIpc) is 3.10. The molecule has 0 radical (unpaired) electrons. The number of H-pyrrole nitrogens is 1. The summed E-state index contributed by atoms with van der Waals surface area (Å²) in [6.45, 7) is 7.59. The van der Waals surface area contributed by atoms with E-state index < -0.39 is 17.9 Å². The summed E-state index contributed by atoms with van der Waals surface area (Å²) in [5.41, 5.74) is 0.0515. The lowest BCUT2D eigenvalue weighted by Gasteiger charge is -2.25. The first-order valence-corrected chi connectivity index (χ1v) is 9.03. The highest BCUT2D eigenvalue weighted by Gasteiger charge is 2.28. The lowest BCUT2D eigenvalue weighted by Crippen LogP contribution is -2.44. The van der Waals surface area contributed by atoms with Crippen molar-refractivity contribution in [2.75, 3.05) is 33.9 Å². The van der Waals surface area contributed by atoms with E-state index in [1.54, 1.807) is 7.05 Å². The van der Waals surface area contributed by atoms with E-state index in [2.05, 4.69) is 41.4 Å². The lowest BCUT2D eigenvalue weighted by molar-refractivity contribution is -0.149. The minimum absolute atomic E-state index is 0.00652. The van der Waals surface area contributed by atoms with Gasteiger partial charge < -0.3 is 19.6 Å². The van der Waals surface area contributed by atoms with Crippen LogP contribution in [-0.4, -0.2) is 93.2 Å². The second-order valence-electron chi connectivity index (χ2n) is 7.83. The summed E-state index contributed by atoms with van der Waals surface area (Å²) in [4.78, 5) is 38.6. The van der Waals surface area contributed by atoms with Crippen molar-refractivity contribution in [3.05, 3.63) is 5.82 Å². The van der Waals surface area contributed by atoms with Gasteiger partial charge in [0.05, 0.1) is 19.6 Å². The standard InChI is InChI=1S/C17H30N6O5/c1-17(2,3)11-28-9-8-22(4)14(24)7-6-12(16(26)27)23(5)15(25)10-13-18-20-21-19-13/h12H,6-11H2,1-5H3,(H,26,27)(H,18,19,20,21)/t12-/m0/s1. The molecular weight excluding hydrogens is 368 g/mol. The molecule has 0 fully saturated rings. The SMILES string of the molecule is CN(CCOCC(C)(C)C)C(=O)CC[C@@H](C(=O)O)N(C)C(=O)Cc1nn[nH]n1. The van der Waals surface area contributed by atoms with Gasteiger partial charge >= 0.3 is 5.97 Å². The summed E-state index contributed by atoms with van der Waals surface area (Å²) < 4.78 is 5.54. The maximum atomic E-state index is 12.3. The molecule has 158 valence electrons. The minimum atomic E-state index is -1.17. The fraction of sp³-hybridized carbons (Fsp3) is 0.765. The third-order valence-corrected chi connectivity index (χ3v) is 4.01. The van der Waals surface area contributed by atoms with E-state index in [9.17, 15) is 19.5 Å². The molecule has 11 nitrogen and oxygen atoms in total. The van der Waals surface area contributed by atoms with Gasteiger partial charge in [0.2, 0.25) is 11.8 Å². The van der Waals surface area contributed by atoms with Crippen LogP contribution in [0.1, 0.15) is 39.4 Å². The number of carboxylic acid groups (broad SMARTS) is 1. The Morgan fingerprint density at radius 3 is 2.43 bits per heavy atom. The van der Waals surface area contributed by atoms with Gasteiger partial charge in [-0.2, -0.15) is 5.21 Å². The number of nitrogens with one attached hydrogen (secondary N) is 1. The van der Waals surface area contributed by atoms with Crippen molar-refractivity contribution >= 4 is 17.8 Å². The van der Waals surface area contributed by atoms with Gasteiger partial charge in [0.1, 0.15) is 6.04 Å². The molecule has 1 aromatic rings. The van der Waals surface area contributed by atoms with E-state index in [0.29, 0.717) is 19.8 Å². The van der Waals surface area contributed by atoms with E-state index in [1.165, 1.54) is 11.9 Å². The Kier molecular flexibility index (Phi) is 8.97. The van der Waals surface area contributed by atoms with Gasteiger partial charge in [-0.05, 0) is 11.8 Å². The number of likely N-dealkylation sites (N-methyl/N-ethyl adjacent to an activating group) is 2. The van der Waals surface area contributed by atoms with Gasteiger partial charge in [0.15, 0.2) is 5.82 Å². The second kappa shape index (κ2) is 10.7. The second-order valence-corrected chi connectivity index (χ2v) is 7.83. The molecule has 0 bridgehead atoms. The van der Waals surface area contributed by atoms with Crippen LogP contribution in [0.2, 0.25) is 0 Å². The van der Waals surface area contributed by atoms with Crippen LogP contribution in [0.4, 0.5) is 0 Å². The van der Waals surface area contributed by atoms with Crippen molar-refractivity contribution in [3.8, 4) is 0 Å². The number of rotatable bonds is 11. The third-order valence-electron chi connectivity index (χ3n) is 4.01. The predicted octanol–water partition coefficient (Wildman–Crippen LogP) is -0.0449. The molecule has 1 heterocycles. The smallest absolute Gasteiger partial charge is 0.326 e. The molecule has 0 saturated carbocycles. The van der Waals surface area contributed by atoms with Crippen molar-refractivity contribution in [1.29, 1.82) is 0 Å². The Morgan fingerprint density at radius 1 is 1.21 bits per heavy atom. The van der Waals surface area contributed by atoms with Gasteiger partial charge in [-0.3, -0.25) is 9.59 Å². The van der Waals surface area contributed by atoms with Gasteiger partial charge in [-0.1, -0.05) is 26.0 Å². The molecule has 1 rings (SSSR count). The van der Waals surface area contributed by atoms with Gasteiger partial charge in [0, 0.05) is 27.1 Å².